The molecule has 3 rings (SSSR count). The average molecular weight is 402 g/mol. The van der Waals surface area contributed by atoms with Gasteiger partial charge in [-0.2, -0.15) is 26.7 Å². The molecule has 0 bridgehead atoms. The van der Waals surface area contributed by atoms with Crippen molar-refractivity contribution in [2.24, 2.45) is 5.10 Å². The minimum atomic E-state index is -5.31. The van der Waals surface area contributed by atoms with Crippen molar-refractivity contribution in [3.63, 3.8) is 0 Å². The molecule has 1 N–H and O–H groups in total. The number of hydrogen-bond donors (Lipinski definition) is 1. The first-order valence-corrected chi connectivity index (χ1v) is 9.14. The normalized spacial score (nSPS) is 20.7. The number of aliphatic hydroxyl groups is 1. The molecule has 0 radical (unpaired) electrons. The van der Waals surface area contributed by atoms with Gasteiger partial charge in [-0.25, -0.2) is 4.39 Å². The Bertz CT molecular complexity index is 986. The lowest BCUT2D eigenvalue weighted by Crippen LogP contribution is -2.56. The van der Waals surface area contributed by atoms with Crippen molar-refractivity contribution in [1.82, 2.24) is 4.41 Å². The molecule has 0 aromatic heterocycles. The van der Waals surface area contributed by atoms with Gasteiger partial charge < -0.3 is 5.11 Å². The van der Waals surface area contributed by atoms with Crippen LogP contribution >= 0.6 is 0 Å². The highest BCUT2D eigenvalue weighted by molar-refractivity contribution is 7.89. The van der Waals surface area contributed by atoms with Gasteiger partial charge in [0.05, 0.1) is 17.0 Å². The van der Waals surface area contributed by atoms with Gasteiger partial charge >= 0.3 is 6.18 Å². The summed E-state index contributed by atoms with van der Waals surface area (Å²) in [4.78, 5) is -0.445. The molecule has 1 atom stereocenters. The van der Waals surface area contributed by atoms with Crippen LogP contribution in [0.2, 0.25) is 0 Å². The predicted molar refractivity (Wildman–Crippen MR) is 88.8 cm³/mol. The molecule has 0 spiro atoms. The molecule has 144 valence electrons. The molecule has 1 aliphatic rings. The summed E-state index contributed by atoms with van der Waals surface area (Å²) in [6, 6.07) is 9.42. The third kappa shape index (κ3) is 3.30. The number of hydrazone groups is 1. The standard InChI is InChI=1S/C17H14F4N2O3S/c1-11-2-8-14(9-3-11)27(25,26)23-16(24,17(19,20)21)10-15(22-23)12-4-6-13(18)7-5-12/h2-9,24H,10H2,1H3. The number of benzene rings is 2. The maximum Gasteiger partial charge on any atom is 0.439 e. The van der Waals surface area contributed by atoms with Crippen LogP contribution in [-0.2, 0) is 10.0 Å². The van der Waals surface area contributed by atoms with Crippen LogP contribution in [-0.4, -0.2) is 35.6 Å². The molecule has 2 aromatic rings. The van der Waals surface area contributed by atoms with Crippen molar-refractivity contribution in [1.29, 1.82) is 0 Å². The lowest BCUT2D eigenvalue weighted by molar-refractivity contribution is -0.291. The van der Waals surface area contributed by atoms with Crippen LogP contribution in [0.5, 0.6) is 0 Å². The molecular weight excluding hydrogens is 388 g/mol. The number of alkyl halides is 3. The monoisotopic (exact) mass is 402 g/mol. The molecule has 27 heavy (non-hydrogen) atoms. The van der Waals surface area contributed by atoms with Gasteiger partial charge in [-0.15, -0.1) is 4.41 Å². The summed E-state index contributed by atoms with van der Waals surface area (Å²) in [5, 5.41) is 13.8. The molecule has 0 amide bonds. The molecular formula is C17H14F4N2O3S. The molecule has 1 unspecified atom stereocenters. The van der Waals surface area contributed by atoms with E-state index in [2.05, 4.69) is 5.10 Å². The predicted octanol–water partition coefficient (Wildman–Crippen LogP) is 3.18. The van der Waals surface area contributed by atoms with Gasteiger partial charge in [0, 0.05) is 0 Å². The Morgan fingerprint density at radius 1 is 1.07 bits per heavy atom. The highest BCUT2D eigenvalue weighted by Crippen LogP contribution is 2.44. The summed E-state index contributed by atoms with van der Waals surface area (Å²) in [5.74, 6) is -0.618. The van der Waals surface area contributed by atoms with E-state index in [1.807, 2.05) is 0 Å². The largest absolute Gasteiger partial charge is 0.439 e. The van der Waals surface area contributed by atoms with Gasteiger partial charge in [-0.1, -0.05) is 29.8 Å². The Hall–Kier alpha value is -2.46. The summed E-state index contributed by atoms with van der Waals surface area (Å²) < 4.78 is 78.9. The Labute approximate surface area is 152 Å². The van der Waals surface area contributed by atoms with Crippen LogP contribution in [0.3, 0.4) is 0 Å². The Balaban J connectivity index is 2.13. The lowest BCUT2D eigenvalue weighted by atomic mass is 10.0. The average Bonchev–Trinajstić information content (AvgIpc) is 2.96. The van der Waals surface area contributed by atoms with E-state index in [1.165, 1.54) is 12.1 Å². The van der Waals surface area contributed by atoms with Gasteiger partial charge in [0.25, 0.3) is 15.7 Å². The number of aryl methyl sites for hydroxylation is 1. The maximum atomic E-state index is 13.6. The summed E-state index contributed by atoms with van der Waals surface area (Å²) in [5.41, 5.74) is -3.30. The molecule has 2 aromatic carbocycles. The third-order valence-electron chi connectivity index (χ3n) is 4.12. The SMILES string of the molecule is Cc1ccc(S(=O)(=O)N2N=C(c3ccc(F)cc3)CC2(O)C(F)(F)F)cc1. The number of sulfonamides is 1. The summed E-state index contributed by atoms with van der Waals surface area (Å²) in [6.45, 7) is 1.68. The van der Waals surface area contributed by atoms with E-state index >= 15 is 0 Å². The van der Waals surface area contributed by atoms with Gasteiger partial charge in [0.15, 0.2) is 0 Å². The second-order valence-electron chi connectivity index (χ2n) is 6.11. The summed E-state index contributed by atoms with van der Waals surface area (Å²) in [7, 11) is -4.79. The van der Waals surface area contributed by atoms with E-state index in [4.69, 9.17) is 0 Å². The first-order chi connectivity index (χ1) is 12.4. The van der Waals surface area contributed by atoms with Gasteiger partial charge in [0.1, 0.15) is 5.82 Å². The summed E-state index contributed by atoms with van der Waals surface area (Å²) in [6.07, 6.45) is -6.43. The van der Waals surface area contributed by atoms with Crippen molar-refractivity contribution in [2.45, 2.75) is 30.1 Å². The third-order valence-corrected chi connectivity index (χ3v) is 5.83. The number of halogens is 4. The quantitative estimate of drug-likeness (QED) is 0.802. The Morgan fingerprint density at radius 2 is 1.63 bits per heavy atom. The molecule has 0 saturated carbocycles. The second-order valence-corrected chi connectivity index (χ2v) is 7.87. The fraction of sp³-hybridized carbons (Fsp3) is 0.235. The van der Waals surface area contributed by atoms with E-state index in [0.717, 1.165) is 36.4 Å². The number of rotatable bonds is 3. The van der Waals surface area contributed by atoms with Crippen LogP contribution in [0.15, 0.2) is 58.5 Å². The lowest BCUT2D eigenvalue weighted by Gasteiger charge is -2.33. The first kappa shape index (κ1) is 19.3. The fourth-order valence-electron chi connectivity index (χ4n) is 2.60. The highest BCUT2D eigenvalue weighted by atomic mass is 32.2. The molecule has 1 aliphatic heterocycles. The topological polar surface area (TPSA) is 70.0 Å². The van der Waals surface area contributed by atoms with E-state index in [9.17, 15) is 31.1 Å². The maximum absolute atomic E-state index is 13.6. The molecule has 1 heterocycles. The van der Waals surface area contributed by atoms with Crippen molar-refractivity contribution in [3.8, 4) is 0 Å². The van der Waals surface area contributed by atoms with Crippen LogP contribution in [0, 0.1) is 12.7 Å². The van der Waals surface area contributed by atoms with E-state index in [-0.39, 0.29) is 15.7 Å². The minimum absolute atomic E-state index is 0.0701. The van der Waals surface area contributed by atoms with Crippen molar-refractivity contribution >= 4 is 15.7 Å². The van der Waals surface area contributed by atoms with Crippen LogP contribution in [0.25, 0.3) is 0 Å². The molecule has 0 saturated heterocycles. The van der Waals surface area contributed by atoms with Crippen LogP contribution in [0.1, 0.15) is 17.5 Å². The second kappa shape index (κ2) is 6.31. The van der Waals surface area contributed by atoms with Gasteiger partial charge in [-0.3, -0.25) is 0 Å². The molecule has 0 fully saturated rings. The molecule has 10 heteroatoms. The van der Waals surface area contributed by atoms with Gasteiger partial charge in [0.2, 0.25) is 0 Å². The van der Waals surface area contributed by atoms with Crippen molar-refractivity contribution < 1.29 is 31.1 Å². The zero-order valence-electron chi connectivity index (χ0n) is 13.9. The first-order valence-electron chi connectivity index (χ1n) is 7.70. The molecule has 0 aliphatic carbocycles. The van der Waals surface area contributed by atoms with Gasteiger partial charge in [-0.05, 0) is 36.8 Å². The smallest absolute Gasteiger partial charge is 0.361 e. The number of hydrogen-bond acceptors (Lipinski definition) is 4. The minimum Gasteiger partial charge on any atom is -0.361 e. The highest BCUT2D eigenvalue weighted by Gasteiger charge is 2.65. The Kier molecular flexibility index (Phi) is 4.51. The van der Waals surface area contributed by atoms with Crippen molar-refractivity contribution in [2.75, 3.05) is 0 Å². The van der Waals surface area contributed by atoms with E-state index in [0.29, 0.717) is 5.56 Å². The summed E-state index contributed by atoms with van der Waals surface area (Å²) >= 11 is 0. The molecule has 5 nitrogen and oxygen atoms in total. The van der Waals surface area contributed by atoms with E-state index in [1.54, 1.807) is 6.92 Å². The fourth-order valence-corrected chi connectivity index (χ4v) is 4.05. The van der Waals surface area contributed by atoms with Crippen LogP contribution in [0.4, 0.5) is 17.6 Å². The zero-order valence-corrected chi connectivity index (χ0v) is 14.7. The number of nitrogens with zero attached hydrogens (tertiary/aromatic N) is 2. The van der Waals surface area contributed by atoms with Crippen LogP contribution < -0.4 is 0 Å². The zero-order chi connectivity index (χ0) is 20.0. The Morgan fingerprint density at radius 3 is 2.15 bits per heavy atom. The van der Waals surface area contributed by atoms with E-state index < -0.39 is 39.1 Å². The van der Waals surface area contributed by atoms with Crippen molar-refractivity contribution in [3.05, 3.63) is 65.5 Å².